The number of amides is 2. The highest BCUT2D eigenvalue weighted by Gasteiger charge is 2.21. The van der Waals surface area contributed by atoms with Crippen LogP contribution in [0.1, 0.15) is 47.2 Å². The Morgan fingerprint density at radius 2 is 2.00 bits per heavy atom. The van der Waals surface area contributed by atoms with E-state index in [0.717, 1.165) is 24.3 Å². The van der Waals surface area contributed by atoms with Crippen LogP contribution < -0.4 is 5.32 Å². The molecule has 1 aromatic rings. The molecular formula is C16H30N4O2. The number of nitrogens with one attached hydrogen (secondary N) is 1. The second kappa shape index (κ2) is 8.17. The van der Waals surface area contributed by atoms with Gasteiger partial charge in [0, 0.05) is 19.1 Å². The highest BCUT2D eigenvalue weighted by Crippen LogP contribution is 2.18. The first-order chi connectivity index (χ1) is 10.3. The van der Waals surface area contributed by atoms with Crippen molar-refractivity contribution in [1.82, 2.24) is 14.7 Å². The van der Waals surface area contributed by atoms with E-state index in [9.17, 15) is 9.90 Å². The van der Waals surface area contributed by atoms with E-state index >= 15 is 0 Å². The van der Waals surface area contributed by atoms with Gasteiger partial charge in [-0.2, -0.15) is 5.10 Å². The van der Waals surface area contributed by atoms with Crippen LogP contribution in [0, 0.1) is 5.92 Å². The molecule has 0 radical (unpaired) electrons. The second-order valence-corrected chi connectivity index (χ2v) is 6.46. The molecule has 0 bridgehead atoms. The molecular weight excluding hydrogens is 280 g/mol. The molecule has 6 nitrogen and oxygen atoms in total. The smallest absolute Gasteiger partial charge is 0.322 e. The number of urea groups is 1. The van der Waals surface area contributed by atoms with Crippen LogP contribution in [-0.4, -0.2) is 44.5 Å². The van der Waals surface area contributed by atoms with E-state index < -0.39 is 6.10 Å². The molecule has 1 heterocycles. The van der Waals surface area contributed by atoms with Crippen LogP contribution in [0.5, 0.6) is 0 Å². The minimum absolute atomic E-state index is 0.0189. The number of carbonyl (C=O) groups is 1. The Balaban J connectivity index is 2.88. The second-order valence-electron chi connectivity index (χ2n) is 6.46. The summed E-state index contributed by atoms with van der Waals surface area (Å²) in [5.74, 6) is 0.496. The highest BCUT2D eigenvalue weighted by atomic mass is 16.3. The number of aliphatic hydroxyl groups excluding tert-OH is 1. The van der Waals surface area contributed by atoms with Gasteiger partial charge in [-0.3, -0.25) is 4.68 Å². The largest absolute Gasteiger partial charge is 0.392 e. The van der Waals surface area contributed by atoms with Crippen LogP contribution >= 0.6 is 0 Å². The first-order valence-corrected chi connectivity index (χ1v) is 8.06. The molecule has 2 amide bonds. The van der Waals surface area contributed by atoms with Crippen LogP contribution in [0.2, 0.25) is 0 Å². The van der Waals surface area contributed by atoms with Gasteiger partial charge in [-0.15, -0.1) is 0 Å². The first kappa shape index (κ1) is 18.5. The third-order valence-corrected chi connectivity index (χ3v) is 3.41. The van der Waals surface area contributed by atoms with Crippen molar-refractivity contribution in [2.24, 2.45) is 5.92 Å². The summed E-state index contributed by atoms with van der Waals surface area (Å²) in [7, 11) is 0. The van der Waals surface area contributed by atoms with E-state index in [4.69, 9.17) is 0 Å². The summed E-state index contributed by atoms with van der Waals surface area (Å²) in [6, 6.07) is -0.180. The Kier molecular flexibility index (Phi) is 6.87. The lowest BCUT2D eigenvalue weighted by Crippen LogP contribution is -2.43. The van der Waals surface area contributed by atoms with E-state index in [1.807, 2.05) is 18.5 Å². The fourth-order valence-corrected chi connectivity index (χ4v) is 2.39. The SMILES string of the molecule is CCc1c(NC(=O)N(CC(C)O)C(C)C)cnn1CC(C)C. The molecule has 1 unspecified atom stereocenters. The summed E-state index contributed by atoms with van der Waals surface area (Å²) >= 11 is 0. The standard InChI is InChI=1S/C16H30N4O2/c1-7-15-14(8-17-20(15)9-11(2)3)18-16(22)19(12(4)5)10-13(6)21/h8,11-13,21H,7,9-10H2,1-6H3,(H,18,22). The van der Waals surface area contributed by atoms with Crippen molar-refractivity contribution in [3.05, 3.63) is 11.9 Å². The lowest BCUT2D eigenvalue weighted by atomic mass is 10.2. The normalized spacial score (nSPS) is 12.8. The number of hydrogen-bond donors (Lipinski definition) is 2. The Bertz CT molecular complexity index is 480. The van der Waals surface area contributed by atoms with E-state index in [2.05, 4.69) is 31.2 Å². The zero-order valence-electron chi connectivity index (χ0n) is 14.6. The predicted octanol–water partition coefficient (Wildman–Crippen LogP) is 2.72. The van der Waals surface area contributed by atoms with Gasteiger partial charge in [0.25, 0.3) is 0 Å². The van der Waals surface area contributed by atoms with E-state index in [0.29, 0.717) is 12.5 Å². The van der Waals surface area contributed by atoms with Gasteiger partial charge in [-0.1, -0.05) is 20.8 Å². The molecule has 6 heteroatoms. The molecule has 0 aliphatic rings. The average Bonchev–Trinajstić information content (AvgIpc) is 2.76. The van der Waals surface area contributed by atoms with Crippen molar-refractivity contribution < 1.29 is 9.90 Å². The van der Waals surface area contributed by atoms with E-state index in [1.54, 1.807) is 18.0 Å². The van der Waals surface area contributed by atoms with Crippen LogP contribution in [0.15, 0.2) is 6.20 Å². The van der Waals surface area contributed by atoms with Crippen molar-refractivity contribution >= 4 is 11.7 Å². The maximum absolute atomic E-state index is 12.5. The Morgan fingerprint density at radius 1 is 1.36 bits per heavy atom. The van der Waals surface area contributed by atoms with E-state index in [1.165, 1.54) is 0 Å². The fraction of sp³-hybridized carbons (Fsp3) is 0.750. The highest BCUT2D eigenvalue weighted by molar-refractivity contribution is 5.90. The number of nitrogens with zero attached hydrogens (tertiary/aromatic N) is 3. The van der Waals surface area contributed by atoms with Crippen molar-refractivity contribution in [2.75, 3.05) is 11.9 Å². The summed E-state index contributed by atoms with van der Waals surface area (Å²) in [5.41, 5.74) is 1.78. The number of anilines is 1. The zero-order valence-corrected chi connectivity index (χ0v) is 14.6. The van der Waals surface area contributed by atoms with Crippen LogP contribution in [0.25, 0.3) is 0 Å². The molecule has 0 spiro atoms. The van der Waals surface area contributed by atoms with Gasteiger partial charge in [0.05, 0.1) is 23.7 Å². The lowest BCUT2D eigenvalue weighted by molar-refractivity contribution is 0.125. The summed E-state index contributed by atoms with van der Waals surface area (Å²) in [6.07, 6.45) is 1.96. The van der Waals surface area contributed by atoms with Crippen molar-refractivity contribution in [2.45, 2.75) is 66.7 Å². The molecule has 0 fully saturated rings. The number of aromatic nitrogens is 2. The summed E-state index contributed by atoms with van der Waals surface area (Å²) in [6.45, 7) is 13.0. The number of rotatable bonds is 7. The van der Waals surface area contributed by atoms with Crippen LogP contribution in [0.3, 0.4) is 0 Å². The predicted molar refractivity (Wildman–Crippen MR) is 89.0 cm³/mol. The minimum atomic E-state index is -0.553. The summed E-state index contributed by atoms with van der Waals surface area (Å²) in [5, 5.41) is 16.9. The molecule has 0 aliphatic heterocycles. The third kappa shape index (κ3) is 5.02. The van der Waals surface area contributed by atoms with Gasteiger partial charge in [-0.05, 0) is 33.1 Å². The average molecular weight is 310 g/mol. The van der Waals surface area contributed by atoms with Gasteiger partial charge >= 0.3 is 6.03 Å². The number of aliphatic hydroxyl groups is 1. The topological polar surface area (TPSA) is 70.4 Å². The summed E-state index contributed by atoms with van der Waals surface area (Å²) < 4.78 is 1.95. The van der Waals surface area contributed by atoms with Crippen LogP contribution in [-0.2, 0) is 13.0 Å². The molecule has 0 aromatic carbocycles. The molecule has 0 saturated heterocycles. The molecule has 1 aromatic heterocycles. The first-order valence-electron chi connectivity index (χ1n) is 8.06. The maximum Gasteiger partial charge on any atom is 0.322 e. The zero-order chi connectivity index (χ0) is 16.9. The number of hydrogen-bond acceptors (Lipinski definition) is 3. The van der Waals surface area contributed by atoms with Crippen molar-refractivity contribution in [3.63, 3.8) is 0 Å². The minimum Gasteiger partial charge on any atom is -0.392 e. The lowest BCUT2D eigenvalue weighted by Gasteiger charge is -2.28. The quantitative estimate of drug-likeness (QED) is 0.813. The van der Waals surface area contributed by atoms with Gasteiger partial charge in [0.15, 0.2) is 0 Å². The molecule has 126 valence electrons. The molecule has 2 N–H and O–H groups in total. The Morgan fingerprint density at radius 3 is 2.45 bits per heavy atom. The molecule has 0 aliphatic carbocycles. The molecule has 1 rings (SSSR count). The molecule has 22 heavy (non-hydrogen) atoms. The van der Waals surface area contributed by atoms with Crippen molar-refractivity contribution in [1.29, 1.82) is 0 Å². The monoisotopic (exact) mass is 310 g/mol. The van der Waals surface area contributed by atoms with E-state index in [-0.39, 0.29) is 12.1 Å². The Hall–Kier alpha value is -1.56. The van der Waals surface area contributed by atoms with Crippen molar-refractivity contribution in [3.8, 4) is 0 Å². The van der Waals surface area contributed by atoms with Gasteiger partial charge in [0.2, 0.25) is 0 Å². The number of carbonyl (C=O) groups excluding carboxylic acids is 1. The maximum atomic E-state index is 12.5. The fourth-order valence-electron chi connectivity index (χ4n) is 2.39. The Labute approximate surface area is 133 Å². The van der Waals surface area contributed by atoms with Gasteiger partial charge in [0.1, 0.15) is 0 Å². The molecule has 1 atom stereocenters. The van der Waals surface area contributed by atoms with Crippen LogP contribution in [0.4, 0.5) is 10.5 Å². The molecule has 0 saturated carbocycles. The summed E-state index contributed by atoms with van der Waals surface area (Å²) in [4.78, 5) is 14.1. The van der Waals surface area contributed by atoms with Gasteiger partial charge < -0.3 is 15.3 Å². The third-order valence-electron chi connectivity index (χ3n) is 3.41. The van der Waals surface area contributed by atoms with Gasteiger partial charge in [-0.25, -0.2) is 4.79 Å².